The molecule has 1 aromatic heterocycles. The van der Waals surface area contributed by atoms with E-state index in [0.717, 1.165) is 22.3 Å². The average Bonchev–Trinajstić information content (AvgIpc) is 2.80. The van der Waals surface area contributed by atoms with Crippen LogP contribution in [0.1, 0.15) is 12.6 Å². The van der Waals surface area contributed by atoms with E-state index in [1.54, 1.807) is 5.38 Å². The van der Waals surface area contributed by atoms with Crippen molar-refractivity contribution in [3.8, 4) is 0 Å². The molecule has 0 saturated carbocycles. The van der Waals surface area contributed by atoms with Crippen LogP contribution in [0.25, 0.3) is 0 Å². The number of thiazole rings is 1. The molecule has 1 heterocycles. The second kappa shape index (κ2) is 5.41. The van der Waals surface area contributed by atoms with Gasteiger partial charge in [-0.05, 0) is 12.1 Å². The number of halogens is 2. The zero-order valence-corrected chi connectivity index (χ0v) is 10.7. The van der Waals surface area contributed by atoms with Crippen LogP contribution in [0.2, 0.25) is 0 Å². The molecule has 1 amide bonds. The number of aliphatic hydroxyl groups excluding tert-OH is 1. The van der Waals surface area contributed by atoms with Gasteiger partial charge in [0.2, 0.25) is 5.91 Å². The van der Waals surface area contributed by atoms with Gasteiger partial charge in [-0.15, -0.1) is 11.3 Å². The summed E-state index contributed by atoms with van der Waals surface area (Å²) in [5.41, 5.74) is 0.307. The van der Waals surface area contributed by atoms with E-state index in [0.29, 0.717) is 11.8 Å². The Kier molecular flexibility index (Phi) is 3.87. The predicted octanol–water partition coefficient (Wildman–Crippen LogP) is 2.60. The molecular weight excluding hydrogens is 274 g/mol. The van der Waals surface area contributed by atoms with Crippen molar-refractivity contribution in [2.75, 3.05) is 4.90 Å². The molecule has 4 nitrogen and oxygen atoms in total. The Balaban J connectivity index is 2.48. The van der Waals surface area contributed by atoms with E-state index < -0.39 is 17.5 Å². The zero-order valence-electron chi connectivity index (χ0n) is 9.93. The second-order valence-electron chi connectivity index (χ2n) is 3.73. The SMILES string of the molecule is CC(=O)N(c1nc(CO)cs1)c1ccc(F)cc1F. The van der Waals surface area contributed by atoms with Gasteiger partial charge in [0.05, 0.1) is 18.0 Å². The van der Waals surface area contributed by atoms with Crippen molar-refractivity contribution in [1.82, 2.24) is 4.98 Å². The smallest absolute Gasteiger partial charge is 0.230 e. The van der Waals surface area contributed by atoms with Gasteiger partial charge in [0.1, 0.15) is 11.6 Å². The lowest BCUT2D eigenvalue weighted by Gasteiger charge is -2.18. The van der Waals surface area contributed by atoms with Gasteiger partial charge in [0.25, 0.3) is 0 Å². The number of amides is 1. The quantitative estimate of drug-likeness (QED) is 0.942. The lowest BCUT2D eigenvalue weighted by Crippen LogP contribution is -2.23. The maximum Gasteiger partial charge on any atom is 0.230 e. The third kappa shape index (κ3) is 2.77. The molecule has 0 aliphatic heterocycles. The largest absolute Gasteiger partial charge is 0.390 e. The summed E-state index contributed by atoms with van der Waals surface area (Å²) in [5, 5.41) is 10.7. The van der Waals surface area contributed by atoms with Gasteiger partial charge in [-0.1, -0.05) is 0 Å². The number of benzene rings is 1. The number of anilines is 2. The summed E-state index contributed by atoms with van der Waals surface area (Å²) >= 11 is 1.09. The molecule has 0 bridgehead atoms. The van der Waals surface area contributed by atoms with Gasteiger partial charge >= 0.3 is 0 Å². The molecule has 0 atom stereocenters. The van der Waals surface area contributed by atoms with Crippen LogP contribution in [-0.4, -0.2) is 16.0 Å². The van der Waals surface area contributed by atoms with E-state index >= 15 is 0 Å². The maximum absolute atomic E-state index is 13.7. The van der Waals surface area contributed by atoms with E-state index in [1.165, 1.54) is 13.0 Å². The summed E-state index contributed by atoms with van der Waals surface area (Å²) in [6.45, 7) is 0.983. The number of nitrogens with zero attached hydrogens (tertiary/aromatic N) is 2. The fourth-order valence-electron chi connectivity index (χ4n) is 1.54. The van der Waals surface area contributed by atoms with Crippen LogP contribution in [0, 0.1) is 11.6 Å². The number of carbonyl (C=O) groups is 1. The molecule has 19 heavy (non-hydrogen) atoms. The Morgan fingerprint density at radius 3 is 2.74 bits per heavy atom. The van der Waals surface area contributed by atoms with Crippen molar-refractivity contribution < 1.29 is 18.7 Å². The fourth-order valence-corrected chi connectivity index (χ4v) is 2.41. The third-order valence-corrected chi connectivity index (χ3v) is 3.23. The van der Waals surface area contributed by atoms with E-state index in [9.17, 15) is 13.6 Å². The van der Waals surface area contributed by atoms with Gasteiger partial charge in [-0.2, -0.15) is 0 Å². The highest BCUT2D eigenvalue weighted by atomic mass is 32.1. The maximum atomic E-state index is 13.7. The lowest BCUT2D eigenvalue weighted by molar-refractivity contribution is -0.115. The number of rotatable bonds is 3. The molecule has 2 aromatic rings. The molecule has 0 radical (unpaired) electrons. The number of carbonyl (C=O) groups excluding carboxylic acids is 1. The fraction of sp³-hybridized carbons (Fsp3) is 0.167. The van der Waals surface area contributed by atoms with Crippen LogP contribution in [0.3, 0.4) is 0 Å². The molecule has 0 saturated heterocycles. The van der Waals surface area contributed by atoms with E-state index in [1.807, 2.05) is 0 Å². The molecular formula is C12H10F2N2O2S. The van der Waals surface area contributed by atoms with Crippen LogP contribution in [0.4, 0.5) is 19.6 Å². The van der Waals surface area contributed by atoms with E-state index in [4.69, 9.17) is 5.11 Å². The normalized spacial score (nSPS) is 10.5. The zero-order chi connectivity index (χ0) is 14.0. The molecule has 7 heteroatoms. The van der Waals surface area contributed by atoms with Crippen LogP contribution in [0.5, 0.6) is 0 Å². The first-order chi connectivity index (χ1) is 9.02. The lowest BCUT2D eigenvalue weighted by atomic mass is 10.2. The summed E-state index contributed by atoms with van der Waals surface area (Å²) in [6, 6.07) is 2.94. The number of aromatic nitrogens is 1. The standard InChI is InChI=1S/C12H10F2N2O2S/c1-7(18)16(12-15-9(5-17)6-19-12)11-3-2-8(13)4-10(11)14/h2-4,6,17H,5H2,1H3. The molecule has 1 N–H and O–H groups in total. The van der Waals surface area contributed by atoms with Crippen LogP contribution in [0.15, 0.2) is 23.6 Å². The average molecular weight is 284 g/mol. The van der Waals surface area contributed by atoms with Gasteiger partial charge < -0.3 is 5.11 Å². The number of aliphatic hydroxyl groups is 1. The molecule has 0 fully saturated rings. The van der Waals surface area contributed by atoms with E-state index in [2.05, 4.69) is 4.98 Å². The van der Waals surface area contributed by atoms with Crippen molar-refractivity contribution >= 4 is 28.1 Å². The Hall–Kier alpha value is -1.86. The van der Waals surface area contributed by atoms with Crippen molar-refractivity contribution in [3.63, 3.8) is 0 Å². The minimum absolute atomic E-state index is 0.0762. The molecule has 0 aliphatic rings. The molecule has 0 spiro atoms. The first-order valence-corrected chi connectivity index (χ1v) is 6.22. The summed E-state index contributed by atoms with van der Waals surface area (Å²) in [7, 11) is 0. The van der Waals surface area contributed by atoms with Gasteiger partial charge in [-0.3, -0.25) is 9.69 Å². The van der Waals surface area contributed by atoms with Gasteiger partial charge in [0, 0.05) is 18.4 Å². The van der Waals surface area contributed by atoms with Crippen molar-refractivity contribution in [3.05, 3.63) is 40.9 Å². The summed E-state index contributed by atoms with van der Waals surface area (Å²) in [5.74, 6) is -2.03. The Bertz CT molecular complexity index is 616. The van der Waals surface area contributed by atoms with E-state index in [-0.39, 0.29) is 17.4 Å². The van der Waals surface area contributed by atoms with Crippen LogP contribution >= 0.6 is 11.3 Å². The summed E-state index contributed by atoms with van der Waals surface area (Å²) in [4.78, 5) is 16.7. The summed E-state index contributed by atoms with van der Waals surface area (Å²) < 4.78 is 26.6. The first kappa shape index (κ1) is 13.6. The van der Waals surface area contributed by atoms with Crippen molar-refractivity contribution in [2.24, 2.45) is 0 Å². The van der Waals surface area contributed by atoms with Crippen LogP contribution in [-0.2, 0) is 11.4 Å². The Morgan fingerprint density at radius 2 is 2.21 bits per heavy atom. The highest BCUT2D eigenvalue weighted by Gasteiger charge is 2.21. The monoisotopic (exact) mass is 284 g/mol. The van der Waals surface area contributed by atoms with Crippen molar-refractivity contribution in [1.29, 1.82) is 0 Å². The molecule has 1 aromatic carbocycles. The number of hydrogen-bond acceptors (Lipinski definition) is 4. The molecule has 0 aliphatic carbocycles. The molecule has 0 unspecified atom stereocenters. The third-order valence-electron chi connectivity index (χ3n) is 2.36. The van der Waals surface area contributed by atoms with Gasteiger partial charge in [-0.25, -0.2) is 13.8 Å². The predicted molar refractivity (Wildman–Crippen MR) is 67.2 cm³/mol. The van der Waals surface area contributed by atoms with Gasteiger partial charge in [0.15, 0.2) is 5.13 Å². The topological polar surface area (TPSA) is 53.4 Å². The number of hydrogen-bond donors (Lipinski definition) is 1. The highest BCUT2D eigenvalue weighted by molar-refractivity contribution is 7.14. The summed E-state index contributed by atoms with van der Waals surface area (Å²) in [6.07, 6.45) is 0. The minimum atomic E-state index is -0.851. The first-order valence-electron chi connectivity index (χ1n) is 5.34. The van der Waals surface area contributed by atoms with Crippen LogP contribution < -0.4 is 4.90 Å². The van der Waals surface area contributed by atoms with Crippen molar-refractivity contribution in [2.45, 2.75) is 13.5 Å². The minimum Gasteiger partial charge on any atom is -0.390 e. The molecule has 100 valence electrons. The Labute approximate surface area is 111 Å². The Morgan fingerprint density at radius 1 is 1.47 bits per heavy atom. The molecule has 2 rings (SSSR count). The second-order valence-corrected chi connectivity index (χ2v) is 4.57. The highest BCUT2D eigenvalue weighted by Crippen LogP contribution is 2.31.